The predicted molar refractivity (Wildman–Crippen MR) is 174 cm³/mol. The normalized spacial score (nSPS) is 12.7. The van der Waals surface area contributed by atoms with Gasteiger partial charge in [-0.3, -0.25) is 9.48 Å². The number of carboxylic acid groups (broad SMARTS) is 1. The minimum Gasteiger partial charge on any atom is -0.478 e. The summed E-state index contributed by atoms with van der Waals surface area (Å²) in [5.41, 5.74) is 4.91. The number of benzene rings is 5. The number of carbonyl (C=O) groups is 2. The third-order valence-electron chi connectivity index (χ3n) is 7.94. The van der Waals surface area contributed by atoms with Crippen molar-refractivity contribution in [2.75, 3.05) is 0 Å². The molecule has 5 aromatic carbocycles. The molecule has 228 valence electrons. The highest BCUT2D eigenvalue weighted by Gasteiger charge is 2.30. The largest absolute Gasteiger partial charge is 0.478 e. The van der Waals surface area contributed by atoms with E-state index in [1.165, 1.54) is 36.0 Å². The summed E-state index contributed by atoms with van der Waals surface area (Å²) >= 11 is 1.46. The van der Waals surface area contributed by atoms with Gasteiger partial charge in [-0.05, 0) is 89.2 Å². The van der Waals surface area contributed by atoms with Crippen LogP contribution in [0.3, 0.4) is 0 Å². The molecule has 0 saturated heterocycles. The first-order chi connectivity index (χ1) is 22.3. The molecule has 0 atom stereocenters. The fourth-order valence-electron chi connectivity index (χ4n) is 5.47. The van der Waals surface area contributed by atoms with Crippen LogP contribution >= 0.6 is 11.8 Å². The summed E-state index contributed by atoms with van der Waals surface area (Å²) in [5, 5.41) is 18.5. The highest BCUT2D eigenvalue weighted by atomic mass is 32.2. The highest BCUT2D eigenvalue weighted by molar-refractivity contribution is 7.99. The topological polar surface area (TPSA) is 84.2 Å². The average molecular weight is 632 g/mol. The SMILES string of the molecule is O=C(O)c1ccc(CNC(=O)c2cc(-c3cc(F)cc(F)c3)cc3c2c(Sc2ccc(-c4ccccc4)cc2)nn3C2CC2)cc1. The van der Waals surface area contributed by atoms with Crippen LogP contribution in [0.5, 0.6) is 0 Å². The zero-order valence-corrected chi connectivity index (χ0v) is 25.2. The van der Waals surface area contributed by atoms with Crippen LogP contribution in [-0.2, 0) is 6.54 Å². The minimum atomic E-state index is -1.03. The number of rotatable bonds is 9. The molecule has 9 heteroatoms. The lowest BCUT2D eigenvalue weighted by atomic mass is 9.99. The van der Waals surface area contributed by atoms with Crippen molar-refractivity contribution in [3.8, 4) is 22.3 Å². The van der Waals surface area contributed by atoms with Crippen molar-refractivity contribution < 1.29 is 23.5 Å². The van der Waals surface area contributed by atoms with Crippen LogP contribution in [0.1, 0.15) is 45.2 Å². The number of nitrogens with one attached hydrogen (secondary N) is 1. The third kappa shape index (κ3) is 6.14. The Hall–Kier alpha value is -5.28. The molecule has 0 radical (unpaired) electrons. The molecule has 6 nitrogen and oxygen atoms in total. The summed E-state index contributed by atoms with van der Waals surface area (Å²) in [4.78, 5) is 26.1. The minimum absolute atomic E-state index is 0.151. The van der Waals surface area contributed by atoms with Crippen LogP contribution in [0.15, 0.2) is 119 Å². The summed E-state index contributed by atoms with van der Waals surface area (Å²) < 4.78 is 30.5. The average Bonchev–Trinajstić information content (AvgIpc) is 3.85. The first-order valence-electron chi connectivity index (χ1n) is 14.8. The lowest BCUT2D eigenvalue weighted by molar-refractivity contribution is 0.0696. The van der Waals surface area contributed by atoms with E-state index in [4.69, 9.17) is 5.10 Å². The Morgan fingerprint density at radius 3 is 2.11 bits per heavy atom. The van der Waals surface area contributed by atoms with Crippen LogP contribution in [-0.4, -0.2) is 26.8 Å². The van der Waals surface area contributed by atoms with E-state index in [2.05, 4.69) is 29.6 Å². The number of carbonyl (C=O) groups excluding carboxylic acids is 1. The van der Waals surface area contributed by atoms with Gasteiger partial charge >= 0.3 is 5.97 Å². The Bertz CT molecular complexity index is 2070. The van der Waals surface area contributed by atoms with Crippen LogP contribution in [0.4, 0.5) is 8.78 Å². The van der Waals surface area contributed by atoms with Gasteiger partial charge < -0.3 is 10.4 Å². The number of halogens is 2. The second-order valence-electron chi connectivity index (χ2n) is 11.2. The molecule has 2 N–H and O–H groups in total. The molecule has 1 fully saturated rings. The van der Waals surface area contributed by atoms with Gasteiger partial charge in [0.15, 0.2) is 0 Å². The van der Waals surface area contributed by atoms with Crippen molar-refractivity contribution >= 4 is 34.5 Å². The molecule has 1 aliphatic carbocycles. The molecule has 0 bridgehead atoms. The van der Waals surface area contributed by atoms with Gasteiger partial charge in [-0.2, -0.15) is 5.10 Å². The first-order valence-corrected chi connectivity index (χ1v) is 15.6. The van der Waals surface area contributed by atoms with Crippen molar-refractivity contribution in [3.05, 3.63) is 138 Å². The number of aromatic nitrogens is 2. The van der Waals surface area contributed by atoms with E-state index in [1.54, 1.807) is 18.2 Å². The molecule has 0 unspecified atom stereocenters. The summed E-state index contributed by atoms with van der Waals surface area (Å²) in [6.07, 6.45) is 1.89. The maximum Gasteiger partial charge on any atom is 0.335 e. The quantitative estimate of drug-likeness (QED) is 0.167. The number of carboxylic acids is 1. The van der Waals surface area contributed by atoms with Gasteiger partial charge in [-0.15, -0.1) is 0 Å². The number of aromatic carboxylic acids is 1. The van der Waals surface area contributed by atoms with Crippen LogP contribution in [0.2, 0.25) is 0 Å². The molecule has 1 aromatic heterocycles. The van der Waals surface area contributed by atoms with E-state index in [1.807, 2.05) is 41.1 Å². The van der Waals surface area contributed by atoms with E-state index in [0.717, 1.165) is 40.5 Å². The monoisotopic (exact) mass is 631 g/mol. The standard InChI is InChI=1S/C37H27F2N3O3S/c38-28-16-26(17-29(39)20-28)27-18-32(35(43)40-21-22-6-8-25(9-7-22)37(44)45)34-33(19-27)42(30-12-13-30)41-36(34)46-31-14-10-24(11-15-31)23-4-2-1-3-5-23/h1-11,14-20,30H,12-13,21H2,(H,40,43)(H,44,45). The van der Waals surface area contributed by atoms with E-state index in [9.17, 15) is 23.5 Å². The fourth-order valence-corrected chi connectivity index (χ4v) is 6.41. The van der Waals surface area contributed by atoms with Crippen LogP contribution in [0, 0.1) is 11.6 Å². The van der Waals surface area contributed by atoms with Gasteiger partial charge in [0, 0.05) is 22.9 Å². The van der Waals surface area contributed by atoms with Crippen molar-refractivity contribution in [1.82, 2.24) is 15.1 Å². The summed E-state index contributed by atoms with van der Waals surface area (Å²) in [6, 6.07) is 31.5. The molecule has 0 aliphatic heterocycles. The van der Waals surface area contributed by atoms with Gasteiger partial charge in [-0.25, -0.2) is 13.6 Å². The number of fused-ring (bicyclic) bond motifs is 1. The number of hydrogen-bond acceptors (Lipinski definition) is 4. The summed E-state index contributed by atoms with van der Waals surface area (Å²) in [5.74, 6) is -2.84. The molecular formula is C37H27F2N3O3S. The van der Waals surface area contributed by atoms with Crippen LogP contribution in [0.25, 0.3) is 33.2 Å². The summed E-state index contributed by atoms with van der Waals surface area (Å²) in [6.45, 7) is 0.152. The maximum atomic E-state index is 14.3. The molecular weight excluding hydrogens is 604 g/mol. The molecule has 1 aliphatic rings. The second kappa shape index (κ2) is 12.3. The molecule has 46 heavy (non-hydrogen) atoms. The zero-order valence-electron chi connectivity index (χ0n) is 24.4. The smallest absolute Gasteiger partial charge is 0.335 e. The Kier molecular flexibility index (Phi) is 7.84. The maximum absolute atomic E-state index is 14.3. The van der Waals surface area contributed by atoms with Gasteiger partial charge in [0.25, 0.3) is 5.91 Å². The molecule has 1 heterocycles. The fraction of sp³-hybridized carbons (Fsp3) is 0.108. The molecule has 0 spiro atoms. The molecule has 1 amide bonds. The summed E-state index contributed by atoms with van der Waals surface area (Å²) in [7, 11) is 0. The van der Waals surface area contributed by atoms with Gasteiger partial charge in [0.1, 0.15) is 16.7 Å². The number of amides is 1. The van der Waals surface area contributed by atoms with E-state index in [0.29, 0.717) is 32.6 Å². The van der Waals surface area contributed by atoms with Gasteiger partial charge in [-0.1, -0.05) is 66.4 Å². The Labute approximate surface area is 267 Å². The first kappa shape index (κ1) is 29.4. The van der Waals surface area contributed by atoms with Gasteiger partial charge in [0.2, 0.25) is 0 Å². The Balaban J connectivity index is 1.30. The zero-order chi connectivity index (χ0) is 31.8. The molecule has 7 rings (SSSR count). The number of nitrogens with zero attached hydrogens (tertiary/aromatic N) is 2. The molecule has 6 aromatic rings. The van der Waals surface area contributed by atoms with Gasteiger partial charge in [0.05, 0.1) is 22.7 Å². The molecule has 1 saturated carbocycles. The Morgan fingerprint density at radius 2 is 1.46 bits per heavy atom. The lowest BCUT2D eigenvalue weighted by Gasteiger charge is -2.12. The van der Waals surface area contributed by atoms with E-state index in [-0.39, 0.29) is 24.1 Å². The van der Waals surface area contributed by atoms with Crippen molar-refractivity contribution in [2.45, 2.75) is 35.3 Å². The van der Waals surface area contributed by atoms with Crippen LogP contribution < -0.4 is 5.32 Å². The van der Waals surface area contributed by atoms with Crippen molar-refractivity contribution in [1.29, 1.82) is 0 Å². The number of hydrogen-bond donors (Lipinski definition) is 2. The highest BCUT2D eigenvalue weighted by Crippen LogP contribution is 2.43. The second-order valence-corrected chi connectivity index (χ2v) is 12.3. The van der Waals surface area contributed by atoms with E-state index < -0.39 is 17.6 Å². The third-order valence-corrected chi connectivity index (χ3v) is 8.93. The van der Waals surface area contributed by atoms with Crippen molar-refractivity contribution in [2.24, 2.45) is 0 Å². The lowest BCUT2D eigenvalue weighted by Crippen LogP contribution is -2.23. The predicted octanol–water partition coefficient (Wildman–Crippen LogP) is 8.76. The van der Waals surface area contributed by atoms with Crippen molar-refractivity contribution in [3.63, 3.8) is 0 Å². The Morgan fingerprint density at radius 1 is 0.804 bits per heavy atom. The van der Waals surface area contributed by atoms with E-state index >= 15 is 0 Å².